The summed E-state index contributed by atoms with van der Waals surface area (Å²) in [6, 6.07) is 8.23. The lowest BCUT2D eigenvalue weighted by Crippen LogP contribution is -2.46. The lowest BCUT2D eigenvalue weighted by atomic mass is 9.85. The highest BCUT2D eigenvalue weighted by molar-refractivity contribution is 6.30. The van der Waals surface area contributed by atoms with Gasteiger partial charge in [0, 0.05) is 37.7 Å². The summed E-state index contributed by atoms with van der Waals surface area (Å²) in [5, 5.41) is 7.16. The van der Waals surface area contributed by atoms with Gasteiger partial charge in [-0.3, -0.25) is 14.8 Å². The number of hydrogen-bond donors (Lipinski definition) is 2. The molecular formula is C20H31ClF3N5. The Hall–Kier alpha value is -1.51. The van der Waals surface area contributed by atoms with Crippen molar-refractivity contribution in [1.29, 1.82) is 0 Å². The van der Waals surface area contributed by atoms with Gasteiger partial charge in [-0.15, -0.1) is 0 Å². The predicted molar refractivity (Wildman–Crippen MR) is 112 cm³/mol. The summed E-state index contributed by atoms with van der Waals surface area (Å²) in [4.78, 5) is 7.79. The Bertz CT molecular complexity index is 668. The Morgan fingerprint density at radius 3 is 2.76 bits per heavy atom. The van der Waals surface area contributed by atoms with Crippen LogP contribution in [0.4, 0.5) is 13.2 Å². The van der Waals surface area contributed by atoms with Gasteiger partial charge in [0.15, 0.2) is 5.96 Å². The monoisotopic (exact) mass is 433 g/mol. The van der Waals surface area contributed by atoms with Crippen LogP contribution in [-0.2, 0) is 0 Å². The molecule has 2 rings (SSSR count). The molecule has 0 aromatic heterocycles. The van der Waals surface area contributed by atoms with Crippen molar-refractivity contribution in [2.45, 2.75) is 25.1 Å². The van der Waals surface area contributed by atoms with E-state index in [4.69, 9.17) is 11.6 Å². The van der Waals surface area contributed by atoms with Crippen LogP contribution < -0.4 is 10.6 Å². The minimum Gasteiger partial charge on any atom is -0.356 e. The van der Waals surface area contributed by atoms with Crippen molar-refractivity contribution < 1.29 is 13.2 Å². The fourth-order valence-electron chi connectivity index (χ4n) is 3.89. The second kappa shape index (κ2) is 11.0. The van der Waals surface area contributed by atoms with E-state index in [9.17, 15) is 13.2 Å². The van der Waals surface area contributed by atoms with Gasteiger partial charge in [0.2, 0.25) is 0 Å². The second-order valence-electron chi connectivity index (χ2n) is 7.62. The molecule has 0 aliphatic carbocycles. The molecule has 0 saturated carbocycles. The van der Waals surface area contributed by atoms with E-state index in [2.05, 4.69) is 33.6 Å². The average Bonchev–Trinajstić information content (AvgIpc) is 2.63. The molecule has 2 atom stereocenters. The van der Waals surface area contributed by atoms with E-state index < -0.39 is 12.7 Å². The molecule has 1 saturated heterocycles. The van der Waals surface area contributed by atoms with Gasteiger partial charge >= 0.3 is 6.18 Å². The van der Waals surface area contributed by atoms with Gasteiger partial charge in [0.05, 0.1) is 6.54 Å². The summed E-state index contributed by atoms with van der Waals surface area (Å²) in [7, 11) is 5.25. The van der Waals surface area contributed by atoms with Crippen LogP contribution in [-0.4, -0.2) is 75.8 Å². The molecule has 0 bridgehead atoms. The van der Waals surface area contributed by atoms with E-state index >= 15 is 0 Å². The standard InChI is InChI=1S/C20H31ClF3N5/c1-25-19(26-9-11-28(2)14-20(22,23)24)27-13-16-7-5-10-29(3)18(16)15-6-4-8-17(21)12-15/h4,6,8,12,16,18H,5,7,9-11,13-14H2,1-3H3,(H2,25,26,27). The number of guanidine groups is 1. The van der Waals surface area contributed by atoms with Gasteiger partial charge in [-0.1, -0.05) is 23.7 Å². The molecule has 29 heavy (non-hydrogen) atoms. The lowest BCUT2D eigenvalue weighted by molar-refractivity contribution is -0.142. The quantitative estimate of drug-likeness (QED) is 0.511. The van der Waals surface area contributed by atoms with Crippen molar-refractivity contribution in [3.63, 3.8) is 0 Å². The molecule has 0 amide bonds. The van der Waals surface area contributed by atoms with E-state index in [-0.39, 0.29) is 12.6 Å². The first-order valence-electron chi connectivity index (χ1n) is 9.85. The molecule has 1 aliphatic rings. The molecule has 1 aromatic carbocycles. The minimum absolute atomic E-state index is 0.256. The summed E-state index contributed by atoms with van der Waals surface area (Å²) < 4.78 is 37.2. The maximum absolute atomic E-state index is 12.4. The number of rotatable bonds is 7. The van der Waals surface area contributed by atoms with Crippen molar-refractivity contribution in [2.24, 2.45) is 10.9 Å². The van der Waals surface area contributed by atoms with Crippen molar-refractivity contribution in [3.05, 3.63) is 34.9 Å². The molecular weight excluding hydrogens is 403 g/mol. The first kappa shape index (κ1) is 23.8. The third-order valence-electron chi connectivity index (χ3n) is 5.19. The van der Waals surface area contributed by atoms with Gasteiger partial charge in [-0.25, -0.2) is 0 Å². The van der Waals surface area contributed by atoms with Crippen molar-refractivity contribution in [1.82, 2.24) is 20.4 Å². The molecule has 1 heterocycles. The van der Waals surface area contributed by atoms with E-state index in [1.54, 1.807) is 7.05 Å². The number of hydrogen-bond acceptors (Lipinski definition) is 3. The number of piperidine rings is 1. The van der Waals surface area contributed by atoms with Crippen LogP contribution in [0.1, 0.15) is 24.4 Å². The molecule has 2 N–H and O–H groups in total. The number of benzene rings is 1. The normalized spacial score (nSPS) is 21.4. The van der Waals surface area contributed by atoms with Crippen molar-refractivity contribution in [3.8, 4) is 0 Å². The molecule has 2 unspecified atom stereocenters. The molecule has 5 nitrogen and oxygen atoms in total. The third kappa shape index (κ3) is 8.03. The average molecular weight is 434 g/mol. The third-order valence-corrected chi connectivity index (χ3v) is 5.42. The minimum atomic E-state index is -4.18. The predicted octanol–water partition coefficient (Wildman–Crippen LogP) is 3.38. The summed E-state index contributed by atoms with van der Waals surface area (Å²) in [5.74, 6) is 0.974. The van der Waals surface area contributed by atoms with Crippen molar-refractivity contribution in [2.75, 3.05) is 53.9 Å². The molecule has 9 heteroatoms. The fourth-order valence-corrected chi connectivity index (χ4v) is 4.09. The Kier molecular flexibility index (Phi) is 9.04. The highest BCUT2D eigenvalue weighted by atomic mass is 35.5. The summed E-state index contributed by atoms with van der Waals surface area (Å²) in [6.45, 7) is 1.49. The summed E-state index contributed by atoms with van der Waals surface area (Å²) in [6.07, 6.45) is -1.98. The van der Waals surface area contributed by atoms with Crippen LogP contribution in [0, 0.1) is 5.92 Å². The molecule has 1 fully saturated rings. The number of aliphatic imine (C=N–C) groups is 1. The molecule has 164 valence electrons. The lowest BCUT2D eigenvalue weighted by Gasteiger charge is -2.40. The number of likely N-dealkylation sites (tertiary alicyclic amines) is 1. The van der Waals surface area contributed by atoms with Gasteiger partial charge in [-0.05, 0) is 57.1 Å². The SMILES string of the molecule is CN=C(NCCN(C)CC(F)(F)F)NCC1CCCN(C)C1c1cccc(Cl)c1. The van der Waals surface area contributed by atoms with Crippen LogP contribution in [0.2, 0.25) is 5.02 Å². The number of nitrogens with one attached hydrogen (secondary N) is 2. The fraction of sp³-hybridized carbons (Fsp3) is 0.650. The smallest absolute Gasteiger partial charge is 0.356 e. The topological polar surface area (TPSA) is 42.9 Å². The summed E-state index contributed by atoms with van der Waals surface area (Å²) in [5.41, 5.74) is 1.20. The van der Waals surface area contributed by atoms with E-state index in [0.717, 1.165) is 31.0 Å². The van der Waals surface area contributed by atoms with Gasteiger partial charge < -0.3 is 10.6 Å². The van der Waals surface area contributed by atoms with Gasteiger partial charge in [0.25, 0.3) is 0 Å². The number of halogens is 4. The highest BCUT2D eigenvalue weighted by Crippen LogP contribution is 2.35. The van der Waals surface area contributed by atoms with Crippen LogP contribution >= 0.6 is 11.6 Å². The number of likely N-dealkylation sites (N-methyl/N-ethyl adjacent to an activating group) is 1. The maximum atomic E-state index is 12.4. The second-order valence-corrected chi connectivity index (χ2v) is 8.05. The Balaban J connectivity index is 1.88. The van der Waals surface area contributed by atoms with Crippen LogP contribution in [0.5, 0.6) is 0 Å². The van der Waals surface area contributed by atoms with Crippen molar-refractivity contribution >= 4 is 17.6 Å². The number of alkyl halides is 3. The number of nitrogens with zero attached hydrogens (tertiary/aromatic N) is 3. The Labute approximate surface area is 176 Å². The molecule has 1 aromatic rings. The molecule has 1 aliphatic heterocycles. The zero-order chi connectivity index (χ0) is 21.4. The van der Waals surface area contributed by atoms with E-state index in [1.165, 1.54) is 17.5 Å². The zero-order valence-corrected chi connectivity index (χ0v) is 18.0. The van der Waals surface area contributed by atoms with E-state index in [0.29, 0.717) is 18.4 Å². The van der Waals surface area contributed by atoms with Crippen LogP contribution in [0.3, 0.4) is 0 Å². The first-order valence-corrected chi connectivity index (χ1v) is 10.2. The largest absolute Gasteiger partial charge is 0.401 e. The molecule has 0 spiro atoms. The van der Waals surface area contributed by atoms with Crippen LogP contribution in [0.15, 0.2) is 29.3 Å². The zero-order valence-electron chi connectivity index (χ0n) is 17.3. The molecule has 0 radical (unpaired) electrons. The van der Waals surface area contributed by atoms with Crippen LogP contribution in [0.25, 0.3) is 0 Å². The van der Waals surface area contributed by atoms with Gasteiger partial charge in [-0.2, -0.15) is 13.2 Å². The van der Waals surface area contributed by atoms with E-state index in [1.807, 2.05) is 18.2 Å². The van der Waals surface area contributed by atoms with Gasteiger partial charge in [0.1, 0.15) is 0 Å². The maximum Gasteiger partial charge on any atom is 0.401 e. The first-order chi connectivity index (χ1) is 13.7. The Morgan fingerprint density at radius 1 is 1.34 bits per heavy atom. The summed E-state index contributed by atoms with van der Waals surface area (Å²) >= 11 is 6.19. The highest BCUT2D eigenvalue weighted by Gasteiger charge is 2.31. The Morgan fingerprint density at radius 2 is 2.10 bits per heavy atom.